The van der Waals surface area contributed by atoms with Crippen LogP contribution in [-0.4, -0.2) is 41.7 Å². The minimum atomic E-state index is -1.03. The van der Waals surface area contributed by atoms with Gasteiger partial charge in [0.05, 0.1) is 25.6 Å². The number of aromatic nitrogens is 2. The van der Waals surface area contributed by atoms with Crippen molar-refractivity contribution < 1.29 is 24.1 Å². The smallest absolute Gasteiger partial charge is 0.341 e. The summed E-state index contributed by atoms with van der Waals surface area (Å²) >= 11 is 0. The largest absolute Gasteiger partial charge is 0.493 e. The lowest BCUT2D eigenvalue weighted by Crippen LogP contribution is -2.11. The average molecular weight is 487 g/mol. The van der Waals surface area contributed by atoms with Crippen LogP contribution < -0.4 is 14.2 Å². The first kappa shape index (κ1) is 24.9. The highest BCUT2D eigenvalue weighted by Gasteiger charge is 2.21. The van der Waals surface area contributed by atoms with Crippen molar-refractivity contribution >= 4 is 5.97 Å². The second kappa shape index (κ2) is 11.0. The van der Waals surface area contributed by atoms with Crippen molar-refractivity contribution in [2.24, 2.45) is 0 Å². The van der Waals surface area contributed by atoms with Crippen LogP contribution in [0.1, 0.15) is 16.7 Å². The summed E-state index contributed by atoms with van der Waals surface area (Å²) in [5.74, 6) is 0.732. The summed E-state index contributed by atoms with van der Waals surface area (Å²) in [5.41, 5.74) is 6.23. The maximum absolute atomic E-state index is 11.2. The molecule has 0 aliphatic carbocycles. The molecule has 1 heterocycles. The van der Waals surface area contributed by atoms with Crippen LogP contribution in [0.15, 0.2) is 66.7 Å². The zero-order chi connectivity index (χ0) is 25.7. The molecule has 1 N–H and O–H groups in total. The first-order valence-corrected chi connectivity index (χ1v) is 11.7. The molecule has 7 nitrogen and oxygen atoms in total. The zero-order valence-electron chi connectivity index (χ0n) is 20.9. The molecule has 36 heavy (non-hydrogen) atoms. The maximum atomic E-state index is 11.2. The van der Waals surface area contributed by atoms with Gasteiger partial charge in [0.2, 0.25) is 0 Å². The molecule has 7 heteroatoms. The Morgan fingerprint density at radius 1 is 0.917 bits per heavy atom. The Kier molecular flexibility index (Phi) is 7.59. The third kappa shape index (κ3) is 5.35. The quantitative estimate of drug-likeness (QED) is 0.316. The van der Waals surface area contributed by atoms with Gasteiger partial charge >= 0.3 is 5.97 Å². The van der Waals surface area contributed by atoms with Gasteiger partial charge in [-0.3, -0.25) is 4.68 Å². The number of hydrogen-bond donors (Lipinski definition) is 1. The first-order valence-electron chi connectivity index (χ1n) is 11.7. The second-order valence-electron chi connectivity index (χ2n) is 8.56. The van der Waals surface area contributed by atoms with Crippen LogP contribution in [0.5, 0.6) is 17.2 Å². The Hall–Kier alpha value is -4.26. The molecule has 1 aromatic heterocycles. The Bertz CT molecular complexity index is 1360. The molecule has 0 aliphatic heterocycles. The van der Waals surface area contributed by atoms with Crippen molar-refractivity contribution in [2.75, 3.05) is 20.8 Å². The monoisotopic (exact) mass is 486 g/mol. The molecule has 4 aromatic rings. The van der Waals surface area contributed by atoms with Crippen molar-refractivity contribution in [3.05, 3.63) is 83.4 Å². The molecule has 186 valence electrons. The summed E-state index contributed by atoms with van der Waals surface area (Å²) in [6.07, 6.45) is 0.788. The minimum absolute atomic E-state index is 0.428. The molecule has 4 rings (SSSR count). The molecular weight excluding hydrogens is 456 g/mol. The number of ether oxygens (including phenoxy) is 3. The van der Waals surface area contributed by atoms with Crippen molar-refractivity contribution in [1.29, 1.82) is 0 Å². The Labute approximate surface area is 210 Å². The van der Waals surface area contributed by atoms with Crippen LogP contribution in [0.4, 0.5) is 0 Å². The summed E-state index contributed by atoms with van der Waals surface area (Å²) in [5, 5.41) is 14.2. The summed E-state index contributed by atoms with van der Waals surface area (Å²) in [6.45, 7) is 4.11. The molecule has 0 radical (unpaired) electrons. The molecule has 0 unspecified atom stereocenters. The van der Waals surface area contributed by atoms with Crippen LogP contribution in [0.25, 0.3) is 22.5 Å². The van der Waals surface area contributed by atoms with Gasteiger partial charge in [-0.1, -0.05) is 42.5 Å². The van der Waals surface area contributed by atoms with E-state index in [2.05, 4.69) is 12.1 Å². The van der Waals surface area contributed by atoms with E-state index in [9.17, 15) is 9.90 Å². The van der Waals surface area contributed by atoms with Crippen molar-refractivity contribution in [3.63, 3.8) is 0 Å². The van der Waals surface area contributed by atoms with Gasteiger partial charge in [-0.05, 0) is 61.2 Å². The fourth-order valence-electron chi connectivity index (χ4n) is 4.37. The molecule has 0 bridgehead atoms. The predicted molar refractivity (Wildman–Crippen MR) is 139 cm³/mol. The summed E-state index contributed by atoms with van der Waals surface area (Å²) in [6, 6.07) is 21.9. The standard InChI is InChI=1S/C29H30N2O5/c1-19-15-20(2)28(36-18-27(32)33)23(16-19)24-17-25(22-11-8-12-26(34-3)29(22)35-4)31(30-24)14-13-21-9-6-5-7-10-21/h5-12,15-17H,13-14,18H2,1-4H3,(H,32,33). The predicted octanol–water partition coefficient (Wildman–Crippen LogP) is 5.56. The Morgan fingerprint density at radius 3 is 2.39 bits per heavy atom. The van der Waals surface area contributed by atoms with E-state index in [4.69, 9.17) is 19.3 Å². The van der Waals surface area contributed by atoms with Gasteiger partial charge in [-0.2, -0.15) is 5.10 Å². The van der Waals surface area contributed by atoms with E-state index in [1.807, 2.05) is 73.1 Å². The molecule has 3 aromatic carbocycles. The number of aryl methyl sites for hydroxylation is 4. The van der Waals surface area contributed by atoms with E-state index in [0.717, 1.165) is 34.4 Å². The average Bonchev–Trinajstić information content (AvgIpc) is 3.30. The number of carboxylic acids is 1. The number of nitrogens with zero attached hydrogens (tertiary/aromatic N) is 2. The van der Waals surface area contributed by atoms with E-state index in [1.165, 1.54) is 5.56 Å². The minimum Gasteiger partial charge on any atom is -0.493 e. The normalized spacial score (nSPS) is 10.8. The summed E-state index contributed by atoms with van der Waals surface area (Å²) < 4.78 is 18.9. The van der Waals surface area contributed by atoms with Gasteiger partial charge < -0.3 is 19.3 Å². The third-order valence-electron chi connectivity index (χ3n) is 5.95. The lowest BCUT2D eigenvalue weighted by atomic mass is 10.0. The number of carbonyl (C=O) groups is 1. The molecule has 0 amide bonds. The number of para-hydroxylation sites is 1. The topological polar surface area (TPSA) is 82.8 Å². The van der Waals surface area contributed by atoms with Gasteiger partial charge in [0.15, 0.2) is 18.1 Å². The van der Waals surface area contributed by atoms with Crippen molar-refractivity contribution in [2.45, 2.75) is 26.8 Å². The van der Waals surface area contributed by atoms with Gasteiger partial charge in [0, 0.05) is 17.7 Å². The van der Waals surface area contributed by atoms with Crippen LogP contribution in [-0.2, 0) is 17.8 Å². The highest BCUT2D eigenvalue weighted by atomic mass is 16.5. The van der Waals surface area contributed by atoms with E-state index >= 15 is 0 Å². The SMILES string of the molecule is COc1cccc(-c2cc(-c3cc(C)cc(C)c3OCC(=O)O)nn2CCc2ccccc2)c1OC. The molecule has 0 fully saturated rings. The molecule has 0 saturated carbocycles. The van der Waals surface area contributed by atoms with E-state index in [-0.39, 0.29) is 0 Å². The van der Waals surface area contributed by atoms with Gasteiger partial charge in [0.1, 0.15) is 5.75 Å². The summed E-state index contributed by atoms with van der Waals surface area (Å²) in [7, 11) is 3.23. The molecule has 0 atom stereocenters. The maximum Gasteiger partial charge on any atom is 0.341 e. The van der Waals surface area contributed by atoms with E-state index in [1.54, 1.807) is 14.2 Å². The van der Waals surface area contributed by atoms with E-state index < -0.39 is 12.6 Å². The van der Waals surface area contributed by atoms with Crippen LogP contribution in [0.2, 0.25) is 0 Å². The van der Waals surface area contributed by atoms with Crippen molar-refractivity contribution in [1.82, 2.24) is 9.78 Å². The highest BCUT2D eigenvalue weighted by molar-refractivity contribution is 5.78. The lowest BCUT2D eigenvalue weighted by molar-refractivity contribution is -0.139. The summed E-state index contributed by atoms with van der Waals surface area (Å²) in [4.78, 5) is 11.2. The van der Waals surface area contributed by atoms with Gasteiger partial charge in [-0.25, -0.2) is 4.79 Å². The molecule has 0 spiro atoms. The lowest BCUT2D eigenvalue weighted by Gasteiger charge is -2.14. The number of hydrogen-bond acceptors (Lipinski definition) is 5. The second-order valence-corrected chi connectivity index (χ2v) is 8.56. The molecule has 0 aliphatic rings. The van der Waals surface area contributed by atoms with Gasteiger partial charge in [0.25, 0.3) is 0 Å². The van der Waals surface area contributed by atoms with E-state index in [0.29, 0.717) is 29.5 Å². The Morgan fingerprint density at radius 2 is 1.69 bits per heavy atom. The molecule has 0 saturated heterocycles. The molecular formula is C29H30N2O5. The number of aliphatic carboxylic acids is 1. The highest BCUT2D eigenvalue weighted by Crippen LogP contribution is 2.41. The number of methoxy groups -OCH3 is 2. The number of rotatable bonds is 10. The number of carboxylic acid groups (broad SMARTS) is 1. The van der Waals surface area contributed by atoms with Crippen LogP contribution >= 0.6 is 0 Å². The van der Waals surface area contributed by atoms with Crippen LogP contribution in [0.3, 0.4) is 0 Å². The zero-order valence-corrected chi connectivity index (χ0v) is 20.9. The van der Waals surface area contributed by atoms with Crippen molar-refractivity contribution in [3.8, 4) is 39.8 Å². The Balaban J connectivity index is 1.85. The fraction of sp³-hybridized carbons (Fsp3) is 0.241. The first-order chi connectivity index (χ1) is 17.4. The number of benzene rings is 3. The third-order valence-corrected chi connectivity index (χ3v) is 5.95. The van der Waals surface area contributed by atoms with Gasteiger partial charge in [-0.15, -0.1) is 0 Å². The van der Waals surface area contributed by atoms with Crippen LogP contribution in [0, 0.1) is 13.8 Å². The fourth-order valence-corrected chi connectivity index (χ4v) is 4.37.